The Bertz CT molecular complexity index is 377. The monoisotopic (exact) mass is 244 g/mol. The molecule has 16 heavy (non-hydrogen) atoms. The number of anilines is 1. The smallest absolute Gasteiger partial charge is 0.241 e. The van der Waals surface area contributed by atoms with Crippen LogP contribution in [-0.2, 0) is 22.1 Å². The molecule has 1 atom stereocenters. The van der Waals surface area contributed by atoms with Gasteiger partial charge in [-0.1, -0.05) is 6.92 Å². The van der Waals surface area contributed by atoms with Crippen molar-refractivity contribution >= 4 is 22.5 Å². The Hall–Kier alpha value is -1.37. The molecule has 3 N–H and O–H groups in total. The number of carbonyl (C=O) groups excluding carboxylic acids is 1. The molecule has 0 saturated heterocycles. The van der Waals surface area contributed by atoms with Crippen molar-refractivity contribution < 1.29 is 9.00 Å². The lowest BCUT2D eigenvalue weighted by molar-refractivity contribution is -0.121. The van der Waals surface area contributed by atoms with Crippen LogP contribution in [0.1, 0.15) is 6.92 Å². The van der Waals surface area contributed by atoms with E-state index in [4.69, 9.17) is 5.73 Å². The summed E-state index contributed by atoms with van der Waals surface area (Å²) in [7, 11) is -0.843. The number of aromatic nitrogens is 2. The fraction of sp³-hybridized carbons (Fsp3) is 0.556. The first kappa shape index (κ1) is 12.7. The summed E-state index contributed by atoms with van der Waals surface area (Å²) in [6, 6.07) is 1.62. The van der Waals surface area contributed by atoms with Crippen LogP contribution >= 0.6 is 0 Å². The predicted molar refractivity (Wildman–Crippen MR) is 63.2 cm³/mol. The van der Waals surface area contributed by atoms with Gasteiger partial charge in [-0.15, -0.1) is 0 Å². The molecule has 0 bridgehead atoms. The van der Waals surface area contributed by atoms with Crippen molar-refractivity contribution in [3.05, 3.63) is 12.3 Å². The van der Waals surface area contributed by atoms with Gasteiger partial charge in [0.15, 0.2) is 0 Å². The van der Waals surface area contributed by atoms with E-state index in [0.29, 0.717) is 23.9 Å². The highest BCUT2D eigenvalue weighted by molar-refractivity contribution is 7.84. The van der Waals surface area contributed by atoms with Gasteiger partial charge in [-0.25, -0.2) is 0 Å². The molecule has 1 heterocycles. The molecule has 0 aromatic carbocycles. The highest BCUT2D eigenvalue weighted by atomic mass is 32.2. The van der Waals surface area contributed by atoms with E-state index in [1.807, 2.05) is 6.92 Å². The van der Waals surface area contributed by atoms with Crippen LogP contribution in [0, 0.1) is 0 Å². The van der Waals surface area contributed by atoms with Gasteiger partial charge in [-0.2, -0.15) is 5.10 Å². The van der Waals surface area contributed by atoms with Crippen LogP contribution in [0.5, 0.6) is 0 Å². The Labute approximate surface area is 96.7 Å². The van der Waals surface area contributed by atoms with Gasteiger partial charge < -0.3 is 11.1 Å². The second-order valence-electron chi connectivity index (χ2n) is 3.22. The van der Waals surface area contributed by atoms with Crippen LogP contribution in [0.2, 0.25) is 0 Å². The largest absolute Gasteiger partial charge is 0.382 e. The molecule has 1 aromatic heterocycles. The van der Waals surface area contributed by atoms with Crippen molar-refractivity contribution in [1.82, 2.24) is 15.1 Å². The molecular weight excluding hydrogens is 228 g/mol. The molecule has 1 aromatic rings. The first-order valence-electron chi connectivity index (χ1n) is 5.02. The van der Waals surface area contributed by atoms with Crippen LogP contribution < -0.4 is 11.1 Å². The van der Waals surface area contributed by atoms with Gasteiger partial charge in [0.2, 0.25) is 5.91 Å². The first-order valence-corrected chi connectivity index (χ1v) is 6.51. The van der Waals surface area contributed by atoms with Gasteiger partial charge in [-0.05, 0) is 6.07 Å². The van der Waals surface area contributed by atoms with Gasteiger partial charge in [0, 0.05) is 35.0 Å². The molecule has 0 fully saturated rings. The molecule has 90 valence electrons. The number of hydrogen-bond acceptors (Lipinski definition) is 4. The molecule has 0 radical (unpaired) electrons. The fourth-order valence-corrected chi connectivity index (χ4v) is 1.74. The van der Waals surface area contributed by atoms with Gasteiger partial charge in [-0.3, -0.25) is 13.7 Å². The molecule has 1 amide bonds. The van der Waals surface area contributed by atoms with E-state index in [1.54, 1.807) is 12.3 Å². The third-order valence-corrected chi connectivity index (χ3v) is 3.24. The lowest BCUT2D eigenvalue weighted by Crippen LogP contribution is -2.31. The molecule has 7 heteroatoms. The second kappa shape index (κ2) is 6.26. The summed E-state index contributed by atoms with van der Waals surface area (Å²) in [6.07, 6.45) is 1.64. The quantitative estimate of drug-likeness (QED) is 0.696. The summed E-state index contributed by atoms with van der Waals surface area (Å²) in [5.74, 6) is 1.34. The Morgan fingerprint density at radius 1 is 1.69 bits per heavy atom. The zero-order valence-corrected chi connectivity index (χ0v) is 10.00. The number of nitrogens with zero attached hydrogens (tertiary/aromatic N) is 2. The highest BCUT2D eigenvalue weighted by Gasteiger charge is 2.04. The summed E-state index contributed by atoms with van der Waals surface area (Å²) in [4.78, 5) is 11.4. The number of amides is 1. The van der Waals surface area contributed by atoms with Crippen LogP contribution in [-0.4, -0.2) is 37.9 Å². The zero-order valence-electron chi connectivity index (χ0n) is 9.18. The molecule has 0 aliphatic rings. The minimum absolute atomic E-state index is 0.135. The molecule has 0 spiro atoms. The van der Waals surface area contributed by atoms with Gasteiger partial charge >= 0.3 is 0 Å². The predicted octanol–water partition coefficient (Wildman–Crippen LogP) is -0.650. The molecule has 0 aliphatic carbocycles. The maximum atomic E-state index is 11.4. The summed E-state index contributed by atoms with van der Waals surface area (Å²) < 4.78 is 12.5. The zero-order chi connectivity index (χ0) is 12.0. The van der Waals surface area contributed by atoms with Crippen molar-refractivity contribution in [3.63, 3.8) is 0 Å². The second-order valence-corrected chi connectivity index (χ2v) is 5.09. The van der Waals surface area contributed by atoms with Crippen LogP contribution in [0.3, 0.4) is 0 Å². The van der Waals surface area contributed by atoms with Gasteiger partial charge in [0.25, 0.3) is 0 Å². The Balaban J connectivity index is 2.23. The summed E-state index contributed by atoms with van der Waals surface area (Å²) in [6.45, 7) is 2.41. The number of nitrogens with one attached hydrogen (secondary N) is 1. The van der Waals surface area contributed by atoms with E-state index in [-0.39, 0.29) is 12.5 Å². The highest BCUT2D eigenvalue weighted by Crippen LogP contribution is 1.94. The third-order valence-electron chi connectivity index (χ3n) is 1.94. The Kier molecular flexibility index (Phi) is 4.97. The lowest BCUT2D eigenvalue weighted by Gasteiger charge is -2.04. The molecule has 1 unspecified atom stereocenters. The summed E-state index contributed by atoms with van der Waals surface area (Å²) in [5.41, 5.74) is 5.41. The van der Waals surface area contributed by atoms with Crippen LogP contribution in [0.25, 0.3) is 0 Å². The van der Waals surface area contributed by atoms with Crippen molar-refractivity contribution in [2.24, 2.45) is 0 Å². The molecule has 1 rings (SSSR count). The number of nitrogen functional groups attached to an aromatic ring is 1. The average molecular weight is 244 g/mol. The van der Waals surface area contributed by atoms with Crippen molar-refractivity contribution in [1.29, 1.82) is 0 Å². The van der Waals surface area contributed by atoms with E-state index in [1.165, 1.54) is 4.68 Å². The minimum Gasteiger partial charge on any atom is -0.382 e. The van der Waals surface area contributed by atoms with Crippen LogP contribution in [0.15, 0.2) is 12.3 Å². The van der Waals surface area contributed by atoms with Gasteiger partial charge in [0.1, 0.15) is 12.4 Å². The SMILES string of the molecule is CCS(=O)CCNC(=O)Cn1ccc(N)n1. The van der Waals surface area contributed by atoms with E-state index < -0.39 is 10.8 Å². The molecular formula is C9H16N4O2S. The standard InChI is InChI=1S/C9H16N4O2S/c1-2-16(15)6-4-11-9(14)7-13-5-3-8(10)12-13/h3,5H,2,4,6-7H2,1H3,(H2,10,12)(H,11,14). The Morgan fingerprint density at radius 2 is 2.44 bits per heavy atom. The third kappa shape index (κ3) is 4.43. The summed E-state index contributed by atoms with van der Waals surface area (Å²) >= 11 is 0. The average Bonchev–Trinajstić information content (AvgIpc) is 2.63. The summed E-state index contributed by atoms with van der Waals surface area (Å²) in [5, 5.41) is 6.56. The van der Waals surface area contributed by atoms with Crippen molar-refractivity contribution in [3.8, 4) is 0 Å². The van der Waals surface area contributed by atoms with E-state index >= 15 is 0 Å². The fourth-order valence-electron chi connectivity index (χ4n) is 1.12. The van der Waals surface area contributed by atoms with E-state index in [2.05, 4.69) is 10.4 Å². The molecule has 0 aliphatic heterocycles. The Morgan fingerprint density at radius 3 is 3.00 bits per heavy atom. The molecule has 0 saturated carbocycles. The number of nitrogens with two attached hydrogens (primary N) is 1. The maximum absolute atomic E-state index is 11.4. The minimum atomic E-state index is -0.843. The molecule has 6 nitrogen and oxygen atoms in total. The first-order chi connectivity index (χ1) is 7.61. The van der Waals surface area contributed by atoms with Crippen LogP contribution in [0.4, 0.5) is 5.82 Å². The lowest BCUT2D eigenvalue weighted by atomic mass is 10.5. The van der Waals surface area contributed by atoms with Gasteiger partial charge in [0.05, 0.1) is 0 Å². The number of rotatable bonds is 6. The number of carbonyl (C=O) groups is 1. The van der Waals surface area contributed by atoms with Crippen molar-refractivity contribution in [2.45, 2.75) is 13.5 Å². The topological polar surface area (TPSA) is 90.0 Å². The van der Waals surface area contributed by atoms with E-state index in [9.17, 15) is 9.00 Å². The van der Waals surface area contributed by atoms with E-state index in [0.717, 1.165) is 0 Å². The normalized spacial score (nSPS) is 12.3. The van der Waals surface area contributed by atoms with Crippen molar-refractivity contribution in [2.75, 3.05) is 23.8 Å². The maximum Gasteiger partial charge on any atom is 0.241 e. The number of hydrogen-bond donors (Lipinski definition) is 2.